The molecule has 0 spiro atoms. The minimum atomic E-state index is -3.61. The molecule has 0 atom stereocenters. The van der Waals surface area contributed by atoms with E-state index in [0.29, 0.717) is 24.6 Å². The molecular formula is C15H22N2O3S. The normalized spacial score (nSPS) is 15.0. The fourth-order valence-corrected chi connectivity index (χ4v) is 3.61. The first kappa shape index (κ1) is 15.9. The fourth-order valence-electron chi connectivity index (χ4n) is 2.40. The van der Waals surface area contributed by atoms with E-state index in [1.54, 1.807) is 12.1 Å². The monoisotopic (exact) mass is 310 g/mol. The number of nitrogens with two attached hydrogens (primary N) is 1. The lowest BCUT2D eigenvalue weighted by molar-refractivity contribution is 0.331. The van der Waals surface area contributed by atoms with Crippen LogP contribution >= 0.6 is 0 Å². The number of benzene rings is 1. The third-order valence-electron chi connectivity index (χ3n) is 3.43. The van der Waals surface area contributed by atoms with Crippen molar-refractivity contribution in [2.45, 2.75) is 37.5 Å². The number of anilines is 1. The molecule has 0 radical (unpaired) electrons. The Morgan fingerprint density at radius 1 is 1.38 bits per heavy atom. The molecule has 5 nitrogen and oxygen atoms in total. The highest BCUT2D eigenvalue weighted by Crippen LogP contribution is 2.26. The maximum atomic E-state index is 12.4. The smallest absolute Gasteiger partial charge is 0.244 e. The third kappa shape index (κ3) is 4.22. The van der Waals surface area contributed by atoms with Crippen LogP contribution in [0, 0.1) is 0 Å². The molecule has 0 amide bonds. The summed E-state index contributed by atoms with van der Waals surface area (Å²) >= 11 is 0. The van der Waals surface area contributed by atoms with Crippen molar-refractivity contribution in [3.63, 3.8) is 0 Å². The summed E-state index contributed by atoms with van der Waals surface area (Å²) in [6, 6.07) is 4.66. The van der Waals surface area contributed by atoms with E-state index in [1.165, 1.54) is 18.1 Å². The first-order valence-electron chi connectivity index (χ1n) is 7.23. The Morgan fingerprint density at radius 2 is 2.19 bits per heavy atom. The van der Waals surface area contributed by atoms with Crippen LogP contribution in [0.3, 0.4) is 0 Å². The van der Waals surface area contributed by atoms with Crippen LogP contribution in [-0.4, -0.2) is 21.6 Å². The van der Waals surface area contributed by atoms with E-state index in [-0.39, 0.29) is 4.90 Å². The first-order valence-corrected chi connectivity index (χ1v) is 8.71. The zero-order valence-electron chi connectivity index (χ0n) is 12.3. The van der Waals surface area contributed by atoms with Gasteiger partial charge in [0.2, 0.25) is 10.0 Å². The van der Waals surface area contributed by atoms with Gasteiger partial charge in [0.25, 0.3) is 0 Å². The SMILES string of the molecule is CCOc1ccc(N)cc1S(=O)(=O)NCCC1=CCCC1. The van der Waals surface area contributed by atoms with Crippen molar-refractivity contribution in [1.82, 2.24) is 4.72 Å². The summed E-state index contributed by atoms with van der Waals surface area (Å²) in [4.78, 5) is 0.102. The topological polar surface area (TPSA) is 81.4 Å². The van der Waals surface area contributed by atoms with Crippen molar-refractivity contribution in [1.29, 1.82) is 0 Å². The number of ether oxygens (including phenoxy) is 1. The number of nitrogen functional groups attached to an aromatic ring is 1. The Hall–Kier alpha value is -1.53. The van der Waals surface area contributed by atoms with E-state index >= 15 is 0 Å². The predicted molar refractivity (Wildman–Crippen MR) is 83.8 cm³/mol. The van der Waals surface area contributed by atoms with Gasteiger partial charge in [-0.25, -0.2) is 13.1 Å². The van der Waals surface area contributed by atoms with E-state index in [9.17, 15) is 8.42 Å². The Balaban J connectivity index is 2.08. The van der Waals surface area contributed by atoms with Crippen LogP contribution in [-0.2, 0) is 10.0 Å². The lowest BCUT2D eigenvalue weighted by Gasteiger charge is -2.12. The van der Waals surface area contributed by atoms with Crippen LogP contribution in [0.2, 0.25) is 0 Å². The number of rotatable bonds is 7. The maximum Gasteiger partial charge on any atom is 0.244 e. The Bertz CT molecular complexity index is 624. The molecule has 0 unspecified atom stereocenters. The van der Waals surface area contributed by atoms with E-state index < -0.39 is 10.0 Å². The van der Waals surface area contributed by atoms with Gasteiger partial charge in [-0.3, -0.25) is 0 Å². The van der Waals surface area contributed by atoms with Crippen LogP contribution in [0.4, 0.5) is 5.69 Å². The van der Waals surface area contributed by atoms with Gasteiger partial charge in [0.1, 0.15) is 10.6 Å². The fraction of sp³-hybridized carbons (Fsp3) is 0.467. The predicted octanol–water partition coefficient (Wildman–Crippen LogP) is 2.45. The Labute approximate surface area is 126 Å². The summed E-state index contributed by atoms with van der Waals surface area (Å²) in [5.41, 5.74) is 7.42. The summed E-state index contributed by atoms with van der Waals surface area (Å²) in [5, 5.41) is 0. The molecule has 0 heterocycles. The van der Waals surface area contributed by atoms with Crippen molar-refractivity contribution in [3.05, 3.63) is 29.8 Å². The highest BCUT2D eigenvalue weighted by molar-refractivity contribution is 7.89. The van der Waals surface area contributed by atoms with E-state index in [1.807, 2.05) is 6.92 Å². The van der Waals surface area contributed by atoms with Crippen molar-refractivity contribution >= 4 is 15.7 Å². The standard InChI is InChI=1S/C15H22N2O3S/c1-2-20-14-8-7-13(16)11-15(14)21(18,19)17-10-9-12-5-3-4-6-12/h5,7-8,11,17H,2-4,6,9-10,16H2,1H3. The van der Waals surface area contributed by atoms with Crippen LogP contribution in [0.1, 0.15) is 32.6 Å². The van der Waals surface area contributed by atoms with E-state index in [4.69, 9.17) is 10.5 Å². The molecule has 0 saturated carbocycles. The zero-order chi connectivity index (χ0) is 15.3. The molecule has 0 fully saturated rings. The summed E-state index contributed by atoms with van der Waals surface area (Å²) < 4.78 is 32.8. The van der Waals surface area contributed by atoms with Gasteiger partial charge >= 0.3 is 0 Å². The summed E-state index contributed by atoms with van der Waals surface area (Å²) in [5.74, 6) is 0.333. The Morgan fingerprint density at radius 3 is 2.86 bits per heavy atom. The average Bonchev–Trinajstić information content (AvgIpc) is 2.94. The molecule has 0 aliphatic heterocycles. The van der Waals surface area contributed by atoms with Gasteiger partial charge in [-0.15, -0.1) is 0 Å². The first-order chi connectivity index (χ1) is 10.0. The van der Waals surface area contributed by atoms with Gasteiger partial charge in [-0.2, -0.15) is 0 Å². The molecular weight excluding hydrogens is 288 g/mol. The molecule has 1 aliphatic rings. The van der Waals surface area contributed by atoms with Gasteiger partial charge < -0.3 is 10.5 Å². The van der Waals surface area contributed by atoms with Gasteiger partial charge in [-0.1, -0.05) is 11.6 Å². The van der Waals surface area contributed by atoms with Crippen molar-refractivity contribution in [2.75, 3.05) is 18.9 Å². The van der Waals surface area contributed by atoms with Crippen LogP contribution in [0.25, 0.3) is 0 Å². The Kier molecular flexibility index (Phi) is 5.25. The van der Waals surface area contributed by atoms with Crippen molar-refractivity contribution < 1.29 is 13.2 Å². The highest BCUT2D eigenvalue weighted by Gasteiger charge is 2.20. The second-order valence-electron chi connectivity index (χ2n) is 5.04. The summed E-state index contributed by atoms with van der Waals surface area (Å²) in [6.45, 7) is 2.61. The van der Waals surface area contributed by atoms with Gasteiger partial charge in [0, 0.05) is 12.2 Å². The van der Waals surface area contributed by atoms with Gasteiger partial charge in [0.15, 0.2) is 0 Å². The molecule has 1 aromatic carbocycles. The molecule has 0 saturated heterocycles. The highest BCUT2D eigenvalue weighted by atomic mass is 32.2. The number of sulfonamides is 1. The average molecular weight is 310 g/mol. The lowest BCUT2D eigenvalue weighted by Crippen LogP contribution is -2.25. The maximum absolute atomic E-state index is 12.4. The zero-order valence-corrected chi connectivity index (χ0v) is 13.1. The molecule has 1 aromatic rings. The van der Waals surface area contributed by atoms with Crippen LogP contribution < -0.4 is 15.2 Å². The molecule has 1 aliphatic carbocycles. The second-order valence-corrected chi connectivity index (χ2v) is 6.78. The number of allylic oxidation sites excluding steroid dienone is 1. The van der Waals surface area contributed by atoms with Crippen LogP contribution in [0.15, 0.2) is 34.7 Å². The molecule has 6 heteroatoms. The molecule has 116 valence electrons. The van der Waals surface area contributed by atoms with Gasteiger partial charge in [0.05, 0.1) is 6.61 Å². The quantitative estimate of drug-likeness (QED) is 0.599. The lowest BCUT2D eigenvalue weighted by atomic mass is 10.2. The van der Waals surface area contributed by atoms with Crippen molar-refractivity contribution in [2.24, 2.45) is 0 Å². The molecule has 0 aromatic heterocycles. The minimum absolute atomic E-state index is 0.102. The summed E-state index contributed by atoms with van der Waals surface area (Å²) in [6.07, 6.45) is 6.30. The van der Waals surface area contributed by atoms with Gasteiger partial charge in [-0.05, 0) is 50.8 Å². The molecule has 21 heavy (non-hydrogen) atoms. The van der Waals surface area contributed by atoms with Crippen LogP contribution in [0.5, 0.6) is 5.75 Å². The van der Waals surface area contributed by atoms with Crippen molar-refractivity contribution in [3.8, 4) is 5.75 Å². The molecule has 2 rings (SSSR count). The number of nitrogens with one attached hydrogen (secondary N) is 1. The third-order valence-corrected chi connectivity index (χ3v) is 4.91. The molecule has 3 N–H and O–H groups in total. The minimum Gasteiger partial charge on any atom is -0.492 e. The second kappa shape index (κ2) is 6.95. The van der Waals surface area contributed by atoms with E-state index in [0.717, 1.165) is 19.3 Å². The van der Waals surface area contributed by atoms with E-state index in [2.05, 4.69) is 10.8 Å². The molecule has 0 bridgehead atoms. The number of hydrogen-bond acceptors (Lipinski definition) is 4. The summed E-state index contributed by atoms with van der Waals surface area (Å²) in [7, 11) is -3.61. The number of hydrogen-bond donors (Lipinski definition) is 2. The largest absolute Gasteiger partial charge is 0.492 e.